The fraction of sp³-hybridized carbons (Fsp3) is 0.846. The minimum Gasteiger partial charge on any atom is -0.315 e. The molecule has 1 aliphatic heterocycles. The third kappa shape index (κ3) is 5.71. The molecule has 1 fully saturated rings. The maximum Gasteiger partial charge on any atom is 0.324 e. The molecule has 98 valence electrons. The number of rotatable bonds is 9. The zero-order chi connectivity index (χ0) is 12.5. The first-order chi connectivity index (χ1) is 8.24. The molecule has 4 nitrogen and oxygen atoms in total. The Hall–Kier alpha value is -1.06. The first-order valence-corrected chi connectivity index (χ1v) is 6.82. The fourth-order valence-corrected chi connectivity index (χ4v) is 2.10. The second kappa shape index (κ2) is 8.09. The van der Waals surface area contributed by atoms with Crippen LogP contribution in [0.4, 0.5) is 4.79 Å². The number of nitrogens with zero attached hydrogens (tertiary/aromatic N) is 1. The minimum atomic E-state index is -0.224. The summed E-state index contributed by atoms with van der Waals surface area (Å²) in [5, 5.41) is 2.29. The number of imide groups is 1. The quantitative estimate of drug-likeness (QED) is 0.497. The lowest BCUT2D eigenvalue weighted by Gasteiger charge is -2.12. The number of carbonyl (C=O) groups excluding carboxylic acids is 2. The van der Waals surface area contributed by atoms with Crippen molar-refractivity contribution in [3.05, 3.63) is 0 Å². The van der Waals surface area contributed by atoms with Crippen LogP contribution in [-0.2, 0) is 4.79 Å². The van der Waals surface area contributed by atoms with E-state index in [0.29, 0.717) is 6.54 Å². The molecule has 0 aromatic carbocycles. The van der Waals surface area contributed by atoms with Crippen molar-refractivity contribution < 1.29 is 9.59 Å². The van der Waals surface area contributed by atoms with Gasteiger partial charge in [-0.15, -0.1) is 0 Å². The van der Waals surface area contributed by atoms with Crippen molar-refractivity contribution in [1.29, 1.82) is 0 Å². The lowest BCUT2D eigenvalue weighted by molar-refractivity contribution is -0.118. The van der Waals surface area contributed by atoms with Gasteiger partial charge in [0.25, 0.3) is 0 Å². The molecule has 0 radical (unpaired) electrons. The van der Waals surface area contributed by atoms with Crippen molar-refractivity contribution >= 4 is 11.9 Å². The Morgan fingerprint density at radius 2 is 1.59 bits per heavy atom. The van der Waals surface area contributed by atoms with Crippen LogP contribution in [0.3, 0.4) is 0 Å². The van der Waals surface area contributed by atoms with E-state index in [1.165, 1.54) is 38.5 Å². The van der Waals surface area contributed by atoms with Crippen LogP contribution in [0.15, 0.2) is 0 Å². The van der Waals surface area contributed by atoms with Gasteiger partial charge in [0, 0.05) is 6.54 Å². The van der Waals surface area contributed by atoms with Crippen molar-refractivity contribution in [3.8, 4) is 0 Å². The normalized spacial score (nSPS) is 15.5. The maximum atomic E-state index is 11.2. The Morgan fingerprint density at radius 1 is 1.00 bits per heavy atom. The zero-order valence-corrected chi connectivity index (χ0v) is 10.8. The number of nitrogens with one attached hydrogen (secondary N) is 1. The van der Waals surface area contributed by atoms with Gasteiger partial charge in [0.2, 0.25) is 5.91 Å². The molecule has 0 atom stereocenters. The van der Waals surface area contributed by atoms with Crippen LogP contribution in [0.2, 0.25) is 0 Å². The SMILES string of the molecule is CCCCCCCCCCN1CC(=O)NC1=O. The van der Waals surface area contributed by atoms with E-state index in [-0.39, 0.29) is 18.5 Å². The molecule has 0 saturated carbocycles. The molecule has 1 heterocycles. The molecule has 0 aromatic heterocycles. The van der Waals surface area contributed by atoms with Crippen LogP contribution in [-0.4, -0.2) is 29.9 Å². The van der Waals surface area contributed by atoms with Gasteiger partial charge in [-0.25, -0.2) is 4.79 Å². The summed E-state index contributed by atoms with van der Waals surface area (Å²) in [6.45, 7) is 3.18. The maximum absolute atomic E-state index is 11.2. The van der Waals surface area contributed by atoms with Crippen LogP contribution < -0.4 is 5.32 Å². The Kier molecular flexibility index (Phi) is 6.67. The highest BCUT2D eigenvalue weighted by Gasteiger charge is 2.25. The smallest absolute Gasteiger partial charge is 0.315 e. The molecular weight excluding hydrogens is 216 g/mol. The summed E-state index contributed by atoms with van der Waals surface area (Å²) < 4.78 is 0. The van der Waals surface area contributed by atoms with Gasteiger partial charge < -0.3 is 4.90 Å². The van der Waals surface area contributed by atoms with Gasteiger partial charge in [-0.2, -0.15) is 0 Å². The van der Waals surface area contributed by atoms with E-state index in [1.807, 2.05) is 0 Å². The summed E-state index contributed by atoms with van der Waals surface area (Å²) in [6.07, 6.45) is 10.0. The first kappa shape index (κ1) is 14.0. The molecule has 0 aliphatic carbocycles. The Labute approximate surface area is 104 Å². The van der Waals surface area contributed by atoms with Gasteiger partial charge >= 0.3 is 6.03 Å². The van der Waals surface area contributed by atoms with Gasteiger partial charge in [-0.3, -0.25) is 10.1 Å². The molecule has 1 N–H and O–H groups in total. The molecule has 1 rings (SSSR count). The van der Waals surface area contributed by atoms with Gasteiger partial charge in [0.15, 0.2) is 0 Å². The summed E-state index contributed by atoms with van der Waals surface area (Å²) in [7, 11) is 0. The van der Waals surface area contributed by atoms with Gasteiger partial charge in [-0.05, 0) is 6.42 Å². The van der Waals surface area contributed by atoms with E-state index in [1.54, 1.807) is 4.90 Å². The Morgan fingerprint density at radius 3 is 2.12 bits per heavy atom. The third-order valence-electron chi connectivity index (χ3n) is 3.15. The van der Waals surface area contributed by atoms with Gasteiger partial charge in [0.05, 0.1) is 0 Å². The van der Waals surface area contributed by atoms with Crippen molar-refractivity contribution in [1.82, 2.24) is 10.2 Å². The lowest BCUT2D eigenvalue weighted by Crippen LogP contribution is -2.29. The average molecular weight is 240 g/mol. The van der Waals surface area contributed by atoms with Gasteiger partial charge in [-0.1, -0.05) is 51.9 Å². The lowest BCUT2D eigenvalue weighted by atomic mass is 10.1. The molecule has 1 aliphatic rings. The van der Waals surface area contributed by atoms with E-state index in [9.17, 15) is 9.59 Å². The minimum absolute atomic E-state index is 0.172. The predicted molar refractivity (Wildman–Crippen MR) is 67.7 cm³/mol. The number of urea groups is 1. The third-order valence-corrected chi connectivity index (χ3v) is 3.15. The standard InChI is InChI=1S/C13H24N2O2/c1-2-3-4-5-6-7-8-9-10-15-11-12(16)14-13(15)17/h2-11H2,1H3,(H,14,16,17). The summed E-state index contributed by atoms with van der Waals surface area (Å²) in [5.74, 6) is -0.172. The zero-order valence-electron chi connectivity index (χ0n) is 10.8. The molecule has 0 aromatic rings. The summed E-state index contributed by atoms with van der Waals surface area (Å²) in [5.41, 5.74) is 0. The molecule has 17 heavy (non-hydrogen) atoms. The molecule has 1 saturated heterocycles. The molecular formula is C13H24N2O2. The van der Waals surface area contributed by atoms with Crippen LogP contribution in [0.1, 0.15) is 58.3 Å². The van der Waals surface area contributed by atoms with Crippen LogP contribution in [0, 0.1) is 0 Å². The van der Waals surface area contributed by atoms with Crippen molar-refractivity contribution in [2.45, 2.75) is 58.3 Å². The van der Waals surface area contributed by atoms with Crippen LogP contribution >= 0.6 is 0 Å². The summed E-state index contributed by atoms with van der Waals surface area (Å²) >= 11 is 0. The highest BCUT2D eigenvalue weighted by atomic mass is 16.2. The number of amides is 3. The Balaban J connectivity index is 1.91. The highest BCUT2D eigenvalue weighted by molar-refractivity contribution is 6.01. The predicted octanol–water partition coefficient (Wildman–Crippen LogP) is 2.68. The number of carbonyl (C=O) groups is 2. The van der Waals surface area contributed by atoms with Gasteiger partial charge in [0.1, 0.15) is 6.54 Å². The summed E-state index contributed by atoms with van der Waals surface area (Å²) in [6, 6.07) is -0.224. The second-order valence-corrected chi connectivity index (χ2v) is 4.75. The van der Waals surface area contributed by atoms with E-state index in [2.05, 4.69) is 12.2 Å². The van der Waals surface area contributed by atoms with E-state index in [4.69, 9.17) is 0 Å². The van der Waals surface area contributed by atoms with Crippen LogP contribution in [0.25, 0.3) is 0 Å². The topological polar surface area (TPSA) is 49.4 Å². The number of hydrogen-bond acceptors (Lipinski definition) is 2. The molecule has 3 amide bonds. The van der Waals surface area contributed by atoms with Crippen molar-refractivity contribution in [2.24, 2.45) is 0 Å². The second-order valence-electron chi connectivity index (χ2n) is 4.75. The number of unbranched alkanes of at least 4 members (excludes halogenated alkanes) is 7. The largest absolute Gasteiger partial charge is 0.324 e. The van der Waals surface area contributed by atoms with E-state index >= 15 is 0 Å². The molecule has 0 unspecified atom stereocenters. The Bertz CT molecular complexity index is 254. The number of hydrogen-bond donors (Lipinski definition) is 1. The highest BCUT2D eigenvalue weighted by Crippen LogP contribution is 2.09. The molecule has 0 bridgehead atoms. The van der Waals surface area contributed by atoms with Crippen LogP contribution in [0.5, 0.6) is 0 Å². The molecule has 0 spiro atoms. The molecule has 4 heteroatoms. The van der Waals surface area contributed by atoms with E-state index < -0.39 is 0 Å². The first-order valence-electron chi connectivity index (χ1n) is 6.82. The van der Waals surface area contributed by atoms with Crippen molar-refractivity contribution in [2.75, 3.05) is 13.1 Å². The monoisotopic (exact) mass is 240 g/mol. The van der Waals surface area contributed by atoms with Crippen molar-refractivity contribution in [3.63, 3.8) is 0 Å². The average Bonchev–Trinajstić information content (AvgIpc) is 2.61. The summed E-state index contributed by atoms with van der Waals surface area (Å²) in [4.78, 5) is 23.7. The fourth-order valence-electron chi connectivity index (χ4n) is 2.10. The van der Waals surface area contributed by atoms with E-state index in [0.717, 1.165) is 12.8 Å².